The van der Waals surface area contributed by atoms with E-state index in [1.54, 1.807) is 0 Å². The molecule has 1 heterocycles. The van der Waals surface area contributed by atoms with Crippen LogP contribution in [0, 0.1) is 11.6 Å². The summed E-state index contributed by atoms with van der Waals surface area (Å²) in [7, 11) is 1.44. The number of halogens is 3. The zero-order chi connectivity index (χ0) is 14.0. The molecule has 1 aromatic carbocycles. The molecule has 0 aliphatic rings. The number of aromatic nitrogens is 3. The molecule has 0 radical (unpaired) electrons. The summed E-state index contributed by atoms with van der Waals surface area (Å²) in [4.78, 5) is 17.0. The van der Waals surface area contributed by atoms with Gasteiger partial charge in [-0.2, -0.15) is 5.10 Å². The summed E-state index contributed by atoms with van der Waals surface area (Å²) in [5, 5.41) is 5.82. The van der Waals surface area contributed by atoms with Gasteiger partial charge in [0.15, 0.2) is 0 Å². The van der Waals surface area contributed by atoms with Gasteiger partial charge >= 0.3 is 0 Å². The summed E-state index contributed by atoms with van der Waals surface area (Å²) < 4.78 is 26.8. The molecule has 0 spiro atoms. The quantitative estimate of drug-likeness (QED) is 0.878. The Hall–Kier alpha value is -2.02. The van der Waals surface area contributed by atoms with Crippen LogP contribution < -0.4 is 0 Å². The van der Waals surface area contributed by atoms with Gasteiger partial charge in [-0.05, 0) is 12.1 Å². The largest absolute Gasteiger partial charge is 0.334 e. The van der Waals surface area contributed by atoms with Gasteiger partial charge in [-0.15, -0.1) is 0 Å². The van der Waals surface area contributed by atoms with Gasteiger partial charge in [-0.1, -0.05) is 11.6 Å². The molecule has 1 N–H and O–H groups in total. The van der Waals surface area contributed by atoms with Gasteiger partial charge in [0, 0.05) is 7.05 Å². The average Bonchev–Trinajstić information content (AvgIpc) is 2.85. The minimum Gasteiger partial charge on any atom is -0.334 e. The molecule has 0 bridgehead atoms. The van der Waals surface area contributed by atoms with Gasteiger partial charge in [-0.3, -0.25) is 9.89 Å². The third-order valence-electron chi connectivity index (χ3n) is 2.44. The molecule has 19 heavy (non-hydrogen) atoms. The van der Waals surface area contributed by atoms with Crippen molar-refractivity contribution in [2.45, 2.75) is 6.54 Å². The molecule has 0 atom stereocenters. The van der Waals surface area contributed by atoms with Gasteiger partial charge < -0.3 is 4.90 Å². The fraction of sp³-hybridized carbons (Fsp3) is 0.182. The molecule has 0 aliphatic heterocycles. The number of nitrogens with zero attached hydrogens (tertiary/aromatic N) is 3. The van der Waals surface area contributed by atoms with Gasteiger partial charge in [-0.25, -0.2) is 13.8 Å². The number of hydrogen-bond donors (Lipinski definition) is 1. The fourth-order valence-corrected chi connectivity index (χ4v) is 1.65. The van der Waals surface area contributed by atoms with Crippen LogP contribution in [0.25, 0.3) is 0 Å². The molecule has 0 saturated carbocycles. The van der Waals surface area contributed by atoms with Crippen LogP contribution in [0.15, 0.2) is 18.5 Å². The minimum atomic E-state index is -0.874. The van der Waals surface area contributed by atoms with E-state index in [4.69, 9.17) is 11.6 Å². The predicted molar refractivity (Wildman–Crippen MR) is 63.5 cm³/mol. The van der Waals surface area contributed by atoms with Crippen molar-refractivity contribution < 1.29 is 13.6 Å². The van der Waals surface area contributed by atoms with Crippen molar-refractivity contribution in [3.63, 3.8) is 0 Å². The second kappa shape index (κ2) is 5.31. The summed E-state index contributed by atoms with van der Waals surface area (Å²) >= 11 is 5.42. The molecule has 100 valence electrons. The van der Waals surface area contributed by atoms with E-state index < -0.39 is 17.5 Å². The van der Waals surface area contributed by atoms with Crippen molar-refractivity contribution in [2.24, 2.45) is 0 Å². The van der Waals surface area contributed by atoms with E-state index in [-0.39, 0.29) is 17.1 Å². The van der Waals surface area contributed by atoms with Gasteiger partial charge in [0.05, 0.1) is 17.1 Å². The Morgan fingerprint density at radius 3 is 2.79 bits per heavy atom. The molecule has 1 amide bonds. The summed E-state index contributed by atoms with van der Waals surface area (Å²) in [5.74, 6) is -1.96. The van der Waals surface area contributed by atoms with E-state index >= 15 is 0 Å². The summed E-state index contributed by atoms with van der Waals surface area (Å²) in [6.45, 7) is 0.0997. The number of amides is 1. The maximum Gasteiger partial charge on any atom is 0.257 e. The van der Waals surface area contributed by atoms with Crippen molar-refractivity contribution >= 4 is 17.5 Å². The first-order valence-corrected chi connectivity index (χ1v) is 5.61. The molecule has 2 aromatic rings. The van der Waals surface area contributed by atoms with E-state index in [0.29, 0.717) is 5.82 Å². The highest BCUT2D eigenvalue weighted by Crippen LogP contribution is 2.20. The lowest BCUT2D eigenvalue weighted by Gasteiger charge is -2.16. The van der Waals surface area contributed by atoms with Gasteiger partial charge in [0.2, 0.25) is 0 Å². The first kappa shape index (κ1) is 13.4. The number of aromatic amines is 1. The average molecular weight is 287 g/mol. The van der Waals surface area contributed by atoms with Crippen LogP contribution in [-0.4, -0.2) is 33.0 Å². The zero-order valence-corrected chi connectivity index (χ0v) is 10.6. The highest BCUT2D eigenvalue weighted by Gasteiger charge is 2.19. The van der Waals surface area contributed by atoms with Crippen LogP contribution in [-0.2, 0) is 6.54 Å². The number of hydrogen-bond acceptors (Lipinski definition) is 3. The first-order valence-electron chi connectivity index (χ1n) is 5.23. The van der Waals surface area contributed by atoms with Crippen LogP contribution in [0.1, 0.15) is 16.2 Å². The lowest BCUT2D eigenvalue weighted by molar-refractivity contribution is 0.0776. The molecule has 2 rings (SSSR count). The summed E-state index contributed by atoms with van der Waals surface area (Å²) in [5.41, 5.74) is -0.385. The highest BCUT2D eigenvalue weighted by atomic mass is 35.5. The second-order valence-electron chi connectivity index (χ2n) is 3.84. The van der Waals surface area contributed by atoms with E-state index in [2.05, 4.69) is 15.2 Å². The Morgan fingerprint density at radius 2 is 2.16 bits per heavy atom. The van der Waals surface area contributed by atoms with Crippen molar-refractivity contribution in [1.29, 1.82) is 0 Å². The minimum absolute atomic E-state index is 0.0997. The van der Waals surface area contributed by atoms with Crippen LogP contribution in [0.2, 0.25) is 5.02 Å². The topological polar surface area (TPSA) is 61.9 Å². The van der Waals surface area contributed by atoms with Gasteiger partial charge in [0.25, 0.3) is 5.91 Å². The van der Waals surface area contributed by atoms with Crippen LogP contribution in [0.3, 0.4) is 0 Å². The zero-order valence-electron chi connectivity index (χ0n) is 9.82. The maximum absolute atomic E-state index is 13.6. The molecule has 5 nitrogen and oxygen atoms in total. The smallest absolute Gasteiger partial charge is 0.257 e. The summed E-state index contributed by atoms with van der Waals surface area (Å²) in [6.07, 6.45) is 1.29. The molecule has 0 aliphatic carbocycles. The Morgan fingerprint density at radius 1 is 1.42 bits per heavy atom. The Kier molecular flexibility index (Phi) is 3.75. The molecular formula is C11H9ClF2N4O. The molecule has 0 saturated heterocycles. The monoisotopic (exact) mass is 286 g/mol. The van der Waals surface area contributed by atoms with E-state index in [1.165, 1.54) is 18.3 Å². The Balaban J connectivity index is 2.21. The fourth-order valence-electron chi connectivity index (χ4n) is 1.50. The maximum atomic E-state index is 13.6. The molecular weight excluding hydrogens is 278 g/mol. The van der Waals surface area contributed by atoms with Crippen LogP contribution in [0.4, 0.5) is 8.78 Å². The van der Waals surface area contributed by atoms with E-state index in [9.17, 15) is 13.6 Å². The van der Waals surface area contributed by atoms with Crippen molar-refractivity contribution in [2.75, 3.05) is 7.05 Å². The molecule has 0 fully saturated rings. The Bertz CT molecular complexity index is 603. The number of carbonyl (C=O) groups is 1. The molecule has 0 unspecified atom stereocenters. The number of nitrogens with one attached hydrogen (secondary N) is 1. The van der Waals surface area contributed by atoms with Crippen molar-refractivity contribution in [1.82, 2.24) is 20.1 Å². The van der Waals surface area contributed by atoms with Crippen molar-refractivity contribution in [3.05, 3.63) is 46.5 Å². The highest BCUT2D eigenvalue weighted by molar-refractivity contribution is 6.30. The molecule has 1 aromatic heterocycles. The van der Waals surface area contributed by atoms with E-state index in [0.717, 1.165) is 12.1 Å². The first-order chi connectivity index (χ1) is 8.99. The normalized spacial score (nSPS) is 10.5. The van der Waals surface area contributed by atoms with Crippen LogP contribution in [0.5, 0.6) is 0 Å². The lowest BCUT2D eigenvalue weighted by Crippen LogP contribution is -2.27. The van der Waals surface area contributed by atoms with E-state index in [1.807, 2.05) is 0 Å². The predicted octanol–water partition coefficient (Wildman–Crippen LogP) is 2.01. The summed E-state index contributed by atoms with van der Waals surface area (Å²) in [6, 6.07) is 1.54. The lowest BCUT2D eigenvalue weighted by atomic mass is 10.2. The third kappa shape index (κ3) is 2.87. The Labute approximate surface area is 112 Å². The molecule has 8 heteroatoms. The van der Waals surface area contributed by atoms with Crippen molar-refractivity contribution in [3.8, 4) is 0 Å². The second-order valence-corrected chi connectivity index (χ2v) is 4.25. The number of rotatable bonds is 3. The number of H-pyrrole nitrogens is 1. The van der Waals surface area contributed by atoms with Crippen LogP contribution >= 0.6 is 11.6 Å². The number of benzene rings is 1. The standard InChI is InChI=1S/C11H9ClF2N4O/c1-18(4-10-15-5-16-17-10)11(19)6-2-9(14)7(12)3-8(6)13/h2-3,5H,4H2,1H3,(H,15,16,17). The van der Waals surface area contributed by atoms with Gasteiger partial charge in [0.1, 0.15) is 23.8 Å². The SMILES string of the molecule is CN(Cc1ncn[nH]1)C(=O)c1cc(F)c(Cl)cc1F. The third-order valence-corrected chi connectivity index (χ3v) is 2.73. The number of carbonyl (C=O) groups excluding carboxylic acids is 1.